The number of carbonyl (C=O) groups excluding carboxylic acids is 1. The van der Waals surface area contributed by atoms with Gasteiger partial charge in [-0.3, -0.25) is 4.79 Å². The Labute approximate surface area is 149 Å². The van der Waals surface area contributed by atoms with E-state index in [0.717, 1.165) is 36.3 Å². The molecule has 4 rings (SSSR count). The summed E-state index contributed by atoms with van der Waals surface area (Å²) in [5.41, 5.74) is 1.63. The topological polar surface area (TPSA) is 84.2 Å². The second-order valence-corrected chi connectivity index (χ2v) is 6.43. The normalized spacial score (nSPS) is 17.5. The lowest BCUT2D eigenvalue weighted by atomic mass is 9.96. The van der Waals surface area contributed by atoms with E-state index in [0.29, 0.717) is 17.9 Å². The number of aromatic nitrogens is 3. The van der Waals surface area contributed by atoms with Gasteiger partial charge in [0.05, 0.1) is 11.6 Å². The zero-order valence-electron chi connectivity index (χ0n) is 14.3. The minimum absolute atomic E-state index is 0.118. The minimum Gasteiger partial charge on any atom is -0.355 e. The standard InChI is InChI=1S/C18H18FN5O2/c1-11-15-16(20-10-21-18(15)26-23-11)24-7-3-4-12(9-24)17(25)22-14-6-2-5-13(19)8-14/h2,5-6,8,10,12H,3-4,7,9H2,1H3,(H,22,25)/t12-/m0/s1. The SMILES string of the molecule is Cc1noc2ncnc(N3CCC[C@H](C(=O)Nc4cccc(F)c4)C3)c12. The van der Waals surface area contributed by atoms with Crippen molar-refractivity contribution in [1.29, 1.82) is 0 Å². The predicted octanol–water partition coefficient (Wildman–Crippen LogP) is 2.92. The van der Waals surface area contributed by atoms with Crippen molar-refractivity contribution in [2.24, 2.45) is 5.92 Å². The highest BCUT2D eigenvalue weighted by Gasteiger charge is 2.28. The summed E-state index contributed by atoms with van der Waals surface area (Å²) < 4.78 is 18.5. The van der Waals surface area contributed by atoms with Crippen LogP contribution in [0.15, 0.2) is 35.1 Å². The van der Waals surface area contributed by atoms with Gasteiger partial charge in [0.1, 0.15) is 23.3 Å². The monoisotopic (exact) mass is 355 g/mol. The molecule has 3 heterocycles. The average molecular weight is 355 g/mol. The molecule has 26 heavy (non-hydrogen) atoms. The molecule has 1 fully saturated rings. The molecule has 1 atom stereocenters. The number of fused-ring (bicyclic) bond motifs is 1. The first-order valence-corrected chi connectivity index (χ1v) is 8.50. The number of aryl methyl sites for hydroxylation is 1. The van der Waals surface area contributed by atoms with E-state index in [4.69, 9.17) is 4.52 Å². The van der Waals surface area contributed by atoms with E-state index >= 15 is 0 Å². The molecule has 0 unspecified atom stereocenters. The number of anilines is 2. The van der Waals surface area contributed by atoms with Gasteiger partial charge < -0.3 is 14.7 Å². The van der Waals surface area contributed by atoms with Gasteiger partial charge >= 0.3 is 0 Å². The van der Waals surface area contributed by atoms with Crippen molar-refractivity contribution in [1.82, 2.24) is 15.1 Å². The summed E-state index contributed by atoms with van der Waals surface area (Å²) in [4.78, 5) is 23.2. The summed E-state index contributed by atoms with van der Waals surface area (Å²) in [5, 5.41) is 7.53. The molecule has 1 aliphatic heterocycles. The van der Waals surface area contributed by atoms with Crippen LogP contribution >= 0.6 is 0 Å². The first kappa shape index (κ1) is 16.4. The van der Waals surface area contributed by atoms with Crippen LogP contribution in [0.2, 0.25) is 0 Å². The smallest absolute Gasteiger partial charge is 0.263 e. The fraction of sp³-hybridized carbons (Fsp3) is 0.333. The van der Waals surface area contributed by atoms with Gasteiger partial charge in [-0.2, -0.15) is 4.98 Å². The largest absolute Gasteiger partial charge is 0.355 e. The average Bonchev–Trinajstić information content (AvgIpc) is 3.03. The molecule has 3 aromatic rings. The van der Waals surface area contributed by atoms with Gasteiger partial charge in [-0.25, -0.2) is 9.37 Å². The van der Waals surface area contributed by atoms with Crippen molar-refractivity contribution in [3.05, 3.63) is 42.1 Å². The van der Waals surface area contributed by atoms with Crippen molar-refractivity contribution in [2.75, 3.05) is 23.3 Å². The summed E-state index contributed by atoms with van der Waals surface area (Å²) in [5.74, 6) is 0.0289. The molecule has 0 bridgehead atoms. The zero-order chi connectivity index (χ0) is 18.1. The molecule has 134 valence electrons. The first-order valence-electron chi connectivity index (χ1n) is 8.50. The molecule has 1 amide bonds. The Morgan fingerprint density at radius 3 is 3.12 bits per heavy atom. The maximum atomic E-state index is 13.3. The number of hydrogen-bond donors (Lipinski definition) is 1. The Kier molecular flexibility index (Phi) is 4.24. The number of carbonyl (C=O) groups is 1. The van der Waals surface area contributed by atoms with Gasteiger partial charge in [0.25, 0.3) is 5.71 Å². The van der Waals surface area contributed by atoms with Crippen molar-refractivity contribution in [2.45, 2.75) is 19.8 Å². The van der Waals surface area contributed by atoms with Crippen LogP contribution in [0.25, 0.3) is 11.1 Å². The van der Waals surface area contributed by atoms with Crippen LogP contribution in [0, 0.1) is 18.7 Å². The molecule has 7 nitrogen and oxygen atoms in total. The number of rotatable bonds is 3. The van der Waals surface area contributed by atoms with Crippen LogP contribution in [0.3, 0.4) is 0 Å². The van der Waals surface area contributed by atoms with E-state index < -0.39 is 0 Å². The highest BCUT2D eigenvalue weighted by Crippen LogP contribution is 2.29. The van der Waals surface area contributed by atoms with E-state index in [2.05, 4.69) is 25.3 Å². The number of piperidine rings is 1. The first-order chi connectivity index (χ1) is 12.6. The van der Waals surface area contributed by atoms with Gasteiger partial charge in [0.15, 0.2) is 0 Å². The maximum absolute atomic E-state index is 13.3. The molecule has 0 aliphatic carbocycles. The Morgan fingerprint density at radius 2 is 2.27 bits per heavy atom. The predicted molar refractivity (Wildman–Crippen MR) is 94.3 cm³/mol. The molecule has 1 aliphatic rings. The quantitative estimate of drug-likeness (QED) is 0.778. The van der Waals surface area contributed by atoms with Gasteiger partial charge in [0, 0.05) is 18.8 Å². The third-order valence-corrected chi connectivity index (χ3v) is 4.61. The van der Waals surface area contributed by atoms with Crippen molar-refractivity contribution in [3.8, 4) is 0 Å². The molecular weight excluding hydrogens is 337 g/mol. The van der Waals surface area contributed by atoms with Crippen LogP contribution < -0.4 is 10.2 Å². The summed E-state index contributed by atoms with van der Waals surface area (Å²) >= 11 is 0. The van der Waals surface area contributed by atoms with E-state index in [-0.39, 0.29) is 17.6 Å². The summed E-state index contributed by atoms with van der Waals surface area (Å²) in [7, 11) is 0. The number of nitrogens with one attached hydrogen (secondary N) is 1. The van der Waals surface area contributed by atoms with Crippen molar-refractivity contribution in [3.63, 3.8) is 0 Å². The Bertz CT molecular complexity index is 958. The highest BCUT2D eigenvalue weighted by molar-refractivity contribution is 5.93. The number of benzene rings is 1. The fourth-order valence-electron chi connectivity index (χ4n) is 3.34. The molecule has 1 aromatic carbocycles. The Morgan fingerprint density at radius 1 is 1.38 bits per heavy atom. The molecule has 8 heteroatoms. The Balaban J connectivity index is 1.53. The zero-order valence-corrected chi connectivity index (χ0v) is 14.3. The number of hydrogen-bond acceptors (Lipinski definition) is 6. The molecule has 0 saturated carbocycles. The van der Waals surface area contributed by atoms with E-state index in [9.17, 15) is 9.18 Å². The molecular formula is C18H18FN5O2. The van der Waals surface area contributed by atoms with Crippen LogP contribution in [0.4, 0.5) is 15.9 Å². The van der Waals surface area contributed by atoms with Crippen LogP contribution in [-0.4, -0.2) is 34.1 Å². The Hall–Kier alpha value is -3.03. The molecule has 1 N–H and O–H groups in total. The van der Waals surface area contributed by atoms with Crippen LogP contribution in [-0.2, 0) is 4.79 Å². The lowest BCUT2D eigenvalue weighted by Gasteiger charge is -2.33. The molecule has 2 aromatic heterocycles. The molecule has 1 saturated heterocycles. The van der Waals surface area contributed by atoms with Crippen molar-refractivity contribution >= 4 is 28.5 Å². The van der Waals surface area contributed by atoms with E-state index in [1.165, 1.54) is 18.5 Å². The van der Waals surface area contributed by atoms with E-state index in [1.807, 2.05) is 6.92 Å². The lowest BCUT2D eigenvalue weighted by Crippen LogP contribution is -2.41. The van der Waals surface area contributed by atoms with Crippen LogP contribution in [0.1, 0.15) is 18.5 Å². The highest BCUT2D eigenvalue weighted by atomic mass is 19.1. The molecule has 0 radical (unpaired) electrons. The number of nitrogens with zero attached hydrogens (tertiary/aromatic N) is 4. The number of halogens is 1. The summed E-state index contributed by atoms with van der Waals surface area (Å²) in [6, 6.07) is 5.91. The van der Waals surface area contributed by atoms with E-state index in [1.54, 1.807) is 12.1 Å². The van der Waals surface area contributed by atoms with Gasteiger partial charge in [-0.1, -0.05) is 11.2 Å². The second kappa shape index (κ2) is 6.70. The van der Waals surface area contributed by atoms with Crippen LogP contribution in [0.5, 0.6) is 0 Å². The van der Waals surface area contributed by atoms with Gasteiger partial charge in [-0.15, -0.1) is 0 Å². The minimum atomic E-state index is -0.376. The third kappa shape index (κ3) is 3.10. The lowest BCUT2D eigenvalue weighted by molar-refractivity contribution is -0.120. The van der Waals surface area contributed by atoms with Gasteiger partial charge in [-0.05, 0) is 38.0 Å². The fourth-order valence-corrected chi connectivity index (χ4v) is 3.34. The summed E-state index contributed by atoms with van der Waals surface area (Å²) in [6.07, 6.45) is 3.07. The van der Waals surface area contributed by atoms with Crippen molar-refractivity contribution < 1.29 is 13.7 Å². The number of amides is 1. The second-order valence-electron chi connectivity index (χ2n) is 6.43. The third-order valence-electron chi connectivity index (χ3n) is 4.61. The molecule has 0 spiro atoms. The van der Waals surface area contributed by atoms with Gasteiger partial charge in [0.2, 0.25) is 5.91 Å². The summed E-state index contributed by atoms with van der Waals surface area (Å²) in [6.45, 7) is 3.16. The maximum Gasteiger partial charge on any atom is 0.263 e.